The van der Waals surface area contributed by atoms with Crippen LogP contribution in [0.5, 0.6) is 0 Å². The highest BCUT2D eigenvalue weighted by atomic mass is 19.1. The van der Waals surface area contributed by atoms with Crippen molar-refractivity contribution >= 4 is 17.3 Å². The Labute approximate surface area is 89.7 Å². The maximum absolute atomic E-state index is 13.1. The van der Waals surface area contributed by atoms with Gasteiger partial charge in [0.15, 0.2) is 5.69 Å². The topological polar surface area (TPSA) is 96.7 Å². The van der Waals surface area contributed by atoms with E-state index in [1.54, 1.807) is 0 Å². The molecule has 82 valence electrons. The summed E-state index contributed by atoms with van der Waals surface area (Å²) in [5, 5.41) is 11.8. The maximum Gasteiger partial charge on any atom is 0.277 e. The Morgan fingerprint density at radius 1 is 1.50 bits per heavy atom. The summed E-state index contributed by atoms with van der Waals surface area (Å²) in [7, 11) is 0. The first-order chi connectivity index (χ1) is 7.66. The van der Waals surface area contributed by atoms with Crippen LogP contribution in [-0.2, 0) is 0 Å². The molecule has 1 aromatic carbocycles. The molecule has 0 aliphatic heterocycles. The van der Waals surface area contributed by atoms with Gasteiger partial charge in [0, 0.05) is 5.69 Å². The van der Waals surface area contributed by atoms with Gasteiger partial charge in [-0.15, -0.1) is 0 Å². The number of aromatic nitrogens is 3. The molecular weight excluding hydrogens is 213 g/mol. The fraction of sp³-hybridized carbons (Fsp3) is 0. The number of nitrogen functional groups attached to an aromatic ring is 1. The number of hydrogen-bond acceptors (Lipinski definition) is 4. The van der Waals surface area contributed by atoms with Crippen LogP contribution in [0, 0.1) is 5.82 Å². The van der Waals surface area contributed by atoms with Crippen molar-refractivity contribution < 1.29 is 9.18 Å². The van der Waals surface area contributed by atoms with E-state index < -0.39 is 11.7 Å². The lowest BCUT2D eigenvalue weighted by atomic mass is 10.2. The molecule has 1 aromatic heterocycles. The van der Waals surface area contributed by atoms with Crippen molar-refractivity contribution in [1.82, 2.24) is 15.4 Å². The van der Waals surface area contributed by atoms with E-state index in [1.165, 1.54) is 18.3 Å². The van der Waals surface area contributed by atoms with Crippen molar-refractivity contribution in [3.63, 3.8) is 0 Å². The van der Waals surface area contributed by atoms with Gasteiger partial charge in [-0.2, -0.15) is 15.4 Å². The van der Waals surface area contributed by atoms with Crippen molar-refractivity contribution in [1.29, 1.82) is 0 Å². The van der Waals surface area contributed by atoms with E-state index in [9.17, 15) is 9.18 Å². The zero-order valence-electron chi connectivity index (χ0n) is 8.07. The van der Waals surface area contributed by atoms with Crippen LogP contribution in [0.2, 0.25) is 0 Å². The summed E-state index contributed by atoms with van der Waals surface area (Å²) in [6.45, 7) is 0. The first-order valence-corrected chi connectivity index (χ1v) is 4.39. The number of nitrogens with zero attached hydrogens (tertiary/aromatic N) is 2. The molecule has 4 N–H and O–H groups in total. The number of H-pyrrole nitrogens is 1. The minimum absolute atomic E-state index is 0.0273. The molecule has 6 nitrogen and oxygen atoms in total. The van der Waals surface area contributed by atoms with Crippen molar-refractivity contribution in [2.75, 3.05) is 11.1 Å². The largest absolute Gasteiger partial charge is 0.396 e. The lowest BCUT2D eigenvalue weighted by Crippen LogP contribution is -2.12. The van der Waals surface area contributed by atoms with Crippen molar-refractivity contribution in [3.8, 4) is 0 Å². The monoisotopic (exact) mass is 221 g/mol. The summed E-state index contributed by atoms with van der Waals surface area (Å²) in [4.78, 5) is 11.5. The predicted molar refractivity (Wildman–Crippen MR) is 55.1 cm³/mol. The minimum Gasteiger partial charge on any atom is -0.396 e. The average molecular weight is 221 g/mol. The first-order valence-electron chi connectivity index (χ1n) is 4.39. The molecule has 1 heterocycles. The van der Waals surface area contributed by atoms with E-state index in [1.807, 2.05) is 0 Å². The quantitative estimate of drug-likeness (QED) is 0.653. The lowest BCUT2D eigenvalue weighted by molar-refractivity contribution is 0.102. The van der Waals surface area contributed by atoms with Gasteiger partial charge in [-0.3, -0.25) is 4.79 Å². The van der Waals surface area contributed by atoms with Gasteiger partial charge in [-0.1, -0.05) is 0 Å². The number of carbonyl (C=O) groups is 1. The third-order valence-corrected chi connectivity index (χ3v) is 1.91. The summed E-state index contributed by atoms with van der Waals surface area (Å²) >= 11 is 0. The second-order valence-electron chi connectivity index (χ2n) is 3.05. The van der Waals surface area contributed by atoms with E-state index in [0.29, 0.717) is 5.69 Å². The molecule has 16 heavy (non-hydrogen) atoms. The van der Waals surface area contributed by atoms with Gasteiger partial charge < -0.3 is 11.1 Å². The third-order valence-electron chi connectivity index (χ3n) is 1.91. The number of amides is 1. The standard InChI is InChI=1S/C9H8FN5O/c10-6-3-5(1-2-7(6)11)13-9(16)8-4-12-15-14-8/h1-4H,11H2,(H,13,16)(H,12,14,15). The average Bonchev–Trinajstić information content (AvgIpc) is 2.77. The number of nitrogens with two attached hydrogens (primary N) is 1. The normalized spacial score (nSPS) is 10.1. The number of carbonyl (C=O) groups excluding carboxylic acids is 1. The van der Waals surface area contributed by atoms with Gasteiger partial charge >= 0.3 is 0 Å². The molecule has 0 fully saturated rings. The molecule has 0 bridgehead atoms. The molecule has 0 atom stereocenters. The van der Waals surface area contributed by atoms with E-state index in [-0.39, 0.29) is 11.4 Å². The van der Waals surface area contributed by atoms with E-state index in [2.05, 4.69) is 20.7 Å². The first kappa shape index (κ1) is 10.1. The number of rotatable bonds is 2. The van der Waals surface area contributed by atoms with E-state index in [0.717, 1.165) is 6.07 Å². The highest BCUT2D eigenvalue weighted by Crippen LogP contribution is 2.16. The van der Waals surface area contributed by atoms with Crippen LogP contribution < -0.4 is 11.1 Å². The predicted octanol–water partition coefficient (Wildman–Crippen LogP) is 0.778. The second kappa shape index (κ2) is 3.97. The minimum atomic E-state index is -0.585. The molecule has 0 saturated carbocycles. The van der Waals surface area contributed by atoms with Gasteiger partial charge in [0.2, 0.25) is 0 Å². The Balaban J connectivity index is 2.15. The summed E-state index contributed by atoms with van der Waals surface area (Å²) in [5.74, 6) is -1.06. The molecule has 2 rings (SSSR count). The fourth-order valence-electron chi connectivity index (χ4n) is 1.11. The number of benzene rings is 1. The second-order valence-corrected chi connectivity index (χ2v) is 3.05. The van der Waals surface area contributed by atoms with Crippen LogP contribution in [0.25, 0.3) is 0 Å². The molecule has 0 aliphatic rings. The Morgan fingerprint density at radius 2 is 2.31 bits per heavy atom. The summed E-state index contributed by atoms with van der Waals surface area (Å²) in [6.07, 6.45) is 1.27. The maximum atomic E-state index is 13.1. The van der Waals surface area contributed by atoms with E-state index >= 15 is 0 Å². The number of nitrogens with one attached hydrogen (secondary N) is 2. The Bertz CT molecular complexity index is 511. The SMILES string of the molecule is Nc1ccc(NC(=O)c2cn[nH]n2)cc1F. The van der Waals surface area contributed by atoms with Crippen LogP contribution in [0.3, 0.4) is 0 Å². The van der Waals surface area contributed by atoms with Crippen LogP contribution in [0.15, 0.2) is 24.4 Å². The fourth-order valence-corrected chi connectivity index (χ4v) is 1.11. The summed E-state index contributed by atoms with van der Waals surface area (Å²) in [5.41, 5.74) is 5.75. The van der Waals surface area contributed by atoms with Gasteiger partial charge in [-0.25, -0.2) is 4.39 Å². The third kappa shape index (κ3) is 1.97. The van der Waals surface area contributed by atoms with Gasteiger partial charge in [-0.05, 0) is 18.2 Å². The smallest absolute Gasteiger partial charge is 0.277 e. The summed E-state index contributed by atoms with van der Waals surface area (Å²) in [6, 6.07) is 4.00. The summed E-state index contributed by atoms with van der Waals surface area (Å²) < 4.78 is 13.1. The highest BCUT2D eigenvalue weighted by Gasteiger charge is 2.09. The molecule has 0 unspecified atom stereocenters. The molecule has 7 heteroatoms. The Kier molecular flexibility index (Phi) is 2.50. The van der Waals surface area contributed by atoms with E-state index in [4.69, 9.17) is 5.73 Å². The van der Waals surface area contributed by atoms with Gasteiger partial charge in [0.25, 0.3) is 5.91 Å². The molecular formula is C9H8FN5O. The lowest BCUT2D eigenvalue weighted by Gasteiger charge is -2.03. The molecule has 1 amide bonds. The zero-order valence-corrected chi connectivity index (χ0v) is 8.07. The van der Waals surface area contributed by atoms with Crippen molar-refractivity contribution in [3.05, 3.63) is 35.9 Å². The van der Waals surface area contributed by atoms with Crippen LogP contribution in [0.4, 0.5) is 15.8 Å². The zero-order chi connectivity index (χ0) is 11.5. The van der Waals surface area contributed by atoms with Crippen molar-refractivity contribution in [2.24, 2.45) is 0 Å². The molecule has 2 aromatic rings. The number of anilines is 2. The Hall–Kier alpha value is -2.44. The number of hydrogen-bond donors (Lipinski definition) is 3. The Morgan fingerprint density at radius 3 is 2.94 bits per heavy atom. The van der Waals surface area contributed by atoms with Gasteiger partial charge in [0.05, 0.1) is 11.9 Å². The molecule has 0 saturated heterocycles. The van der Waals surface area contributed by atoms with Crippen LogP contribution in [0.1, 0.15) is 10.5 Å². The number of halogens is 1. The highest BCUT2D eigenvalue weighted by molar-refractivity contribution is 6.02. The van der Waals surface area contributed by atoms with Gasteiger partial charge in [0.1, 0.15) is 5.82 Å². The van der Waals surface area contributed by atoms with Crippen LogP contribution in [-0.4, -0.2) is 21.3 Å². The molecule has 0 aliphatic carbocycles. The molecule has 0 spiro atoms. The van der Waals surface area contributed by atoms with Crippen LogP contribution >= 0.6 is 0 Å². The van der Waals surface area contributed by atoms with Crippen molar-refractivity contribution in [2.45, 2.75) is 0 Å². The molecule has 0 radical (unpaired) electrons. The number of aromatic amines is 1.